The Hall–Kier alpha value is -1.85. The number of methoxy groups -OCH3 is 1. The summed E-state index contributed by atoms with van der Waals surface area (Å²) in [5.41, 5.74) is 4.00. The van der Waals surface area contributed by atoms with Crippen molar-refractivity contribution in [2.45, 2.75) is 10.8 Å². The van der Waals surface area contributed by atoms with Gasteiger partial charge in [0.25, 0.3) is 11.6 Å². The molecule has 0 radical (unpaired) electrons. The number of sulfonamides is 1. The van der Waals surface area contributed by atoms with E-state index < -0.39 is 44.5 Å². The fourth-order valence-corrected chi connectivity index (χ4v) is 2.56. The number of nitro benzene ring substituents is 1. The van der Waals surface area contributed by atoms with Gasteiger partial charge in [-0.05, 0) is 12.1 Å². The van der Waals surface area contributed by atoms with E-state index in [0.29, 0.717) is 0 Å². The molecule has 0 saturated heterocycles. The van der Waals surface area contributed by atoms with Gasteiger partial charge in [-0.15, -0.1) is 0 Å². The smallest absolute Gasteiger partial charge is 0.293 e. The first-order valence-electron chi connectivity index (χ1n) is 5.53. The molecule has 3 N–H and O–H groups in total. The Bertz CT molecular complexity index is 636. The number of ether oxygens (including phenoxy) is 1. The lowest BCUT2D eigenvalue weighted by Gasteiger charge is -2.15. The maximum absolute atomic E-state index is 13.0. The quantitative estimate of drug-likeness (QED) is 0.555. The number of nitrogens with one attached hydrogen (secondary N) is 1. The van der Waals surface area contributed by atoms with Gasteiger partial charge in [0.05, 0.1) is 31.2 Å². The monoisotopic (exact) mass is 325 g/mol. The van der Waals surface area contributed by atoms with Crippen LogP contribution >= 0.6 is 0 Å². The Labute approximate surface area is 119 Å². The van der Waals surface area contributed by atoms with Crippen LogP contribution in [-0.2, 0) is 10.0 Å². The molecule has 0 amide bonds. The Morgan fingerprint density at radius 3 is 2.57 bits per heavy atom. The van der Waals surface area contributed by atoms with Crippen LogP contribution in [0.25, 0.3) is 0 Å². The van der Waals surface area contributed by atoms with Crippen LogP contribution in [0.3, 0.4) is 0 Å². The maximum atomic E-state index is 13.0. The lowest BCUT2D eigenvalue weighted by molar-refractivity contribution is -0.387. The highest BCUT2D eigenvalue weighted by molar-refractivity contribution is 7.89. The molecule has 0 heterocycles. The van der Waals surface area contributed by atoms with Crippen molar-refractivity contribution >= 4 is 15.7 Å². The molecule has 0 bridgehead atoms. The summed E-state index contributed by atoms with van der Waals surface area (Å²) in [7, 11) is -3.24. The van der Waals surface area contributed by atoms with Crippen molar-refractivity contribution in [3.05, 3.63) is 28.3 Å². The van der Waals surface area contributed by atoms with Gasteiger partial charge in [0.1, 0.15) is 5.75 Å². The summed E-state index contributed by atoms with van der Waals surface area (Å²) in [6, 6.07) is 2.96. The molecule has 8 nitrogen and oxygen atoms in total. The number of hydrogen-bond acceptors (Lipinski definition) is 6. The molecule has 0 atom stereocenters. The molecular weight excluding hydrogens is 312 g/mol. The summed E-state index contributed by atoms with van der Waals surface area (Å²) < 4.78 is 56.1. The van der Waals surface area contributed by atoms with Crippen molar-refractivity contribution in [3.8, 4) is 5.75 Å². The molecule has 0 saturated carbocycles. The second-order valence-electron chi connectivity index (χ2n) is 3.98. The van der Waals surface area contributed by atoms with Gasteiger partial charge in [-0.1, -0.05) is 0 Å². The minimum absolute atomic E-state index is 0.0629. The molecule has 0 aliphatic carbocycles. The molecule has 0 spiro atoms. The van der Waals surface area contributed by atoms with Crippen LogP contribution in [0.15, 0.2) is 23.1 Å². The summed E-state index contributed by atoms with van der Waals surface area (Å²) in [4.78, 5) is 9.20. The van der Waals surface area contributed by atoms with E-state index >= 15 is 0 Å². The Morgan fingerprint density at radius 1 is 1.48 bits per heavy atom. The standard InChI is InChI=1S/C10H13F2N3O5S/c1-20-7-2-3-9(8(4-7)15(16)17)21(18,19)14-6-10(11,12)5-13/h2-4,14H,5-6,13H2,1H3. The first kappa shape index (κ1) is 17.2. The van der Waals surface area contributed by atoms with Crippen molar-refractivity contribution in [2.24, 2.45) is 5.73 Å². The van der Waals surface area contributed by atoms with Gasteiger partial charge >= 0.3 is 0 Å². The van der Waals surface area contributed by atoms with Crippen LogP contribution < -0.4 is 15.2 Å². The molecule has 118 valence electrons. The van der Waals surface area contributed by atoms with E-state index in [9.17, 15) is 27.3 Å². The molecule has 1 aromatic rings. The average Bonchev–Trinajstić information content (AvgIpc) is 2.44. The van der Waals surface area contributed by atoms with Crippen molar-refractivity contribution in [3.63, 3.8) is 0 Å². The summed E-state index contributed by atoms with van der Waals surface area (Å²) >= 11 is 0. The highest BCUT2D eigenvalue weighted by atomic mass is 32.2. The Balaban J connectivity index is 3.16. The number of hydrogen-bond donors (Lipinski definition) is 2. The Morgan fingerprint density at radius 2 is 2.10 bits per heavy atom. The van der Waals surface area contributed by atoms with E-state index in [0.717, 1.165) is 12.1 Å². The van der Waals surface area contributed by atoms with Gasteiger partial charge in [-0.2, -0.15) is 0 Å². The van der Waals surface area contributed by atoms with Gasteiger partial charge in [0.15, 0.2) is 4.90 Å². The predicted octanol–water partition coefficient (Wildman–Crippen LogP) is 0.476. The average molecular weight is 325 g/mol. The predicted molar refractivity (Wildman–Crippen MR) is 68.8 cm³/mol. The minimum Gasteiger partial charge on any atom is -0.497 e. The van der Waals surface area contributed by atoms with E-state index in [2.05, 4.69) is 0 Å². The fourth-order valence-electron chi connectivity index (χ4n) is 1.34. The second-order valence-corrected chi connectivity index (χ2v) is 5.71. The molecule has 0 aliphatic rings. The van der Waals surface area contributed by atoms with Crippen LogP contribution in [0, 0.1) is 10.1 Å². The molecule has 0 aliphatic heterocycles. The van der Waals surface area contributed by atoms with E-state index in [1.165, 1.54) is 13.2 Å². The number of nitro groups is 1. The SMILES string of the molecule is COc1ccc(S(=O)(=O)NCC(F)(F)CN)c([N+](=O)[O-])c1. The summed E-state index contributed by atoms with van der Waals surface area (Å²) in [5, 5.41) is 10.9. The fraction of sp³-hybridized carbons (Fsp3) is 0.400. The minimum atomic E-state index is -4.49. The van der Waals surface area contributed by atoms with Gasteiger partial charge in [0, 0.05) is 0 Å². The van der Waals surface area contributed by atoms with Crippen LogP contribution in [0.4, 0.5) is 14.5 Å². The van der Waals surface area contributed by atoms with Crippen LogP contribution in [0.1, 0.15) is 0 Å². The molecule has 1 rings (SSSR count). The second kappa shape index (κ2) is 6.28. The normalized spacial score (nSPS) is 12.2. The van der Waals surface area contributed by atoms with Crippen molar-refractivity contribution < 1.29 is 26.9 Å². The molecule has 1 aromatic carbocycles. The van der Waals surface area contributed by atoms with Gasteiger partial charge in [0.2, 0.25) is 10.0 Å². The van der Waals surface area contributed by atoms with Crippen molar-refractivity contribution in [1.29, 1.82) is 0 Å². The van der Waals surface area contributed by atoms with Gasteiger partial charge in [-0.3, -0.25) is 10.1 Å². The van der Waals surface area contributed by atoms with Crippen molar-refractivity contribution in [2.75, 3.05) is 20.2 Å². The number of nitrogens with zero attached hydrogens (tertiary/aromatic N) is 1. The third kappa shape index (κ3) is 4.31. The maximum Gasteiger partial charge on any atom is 0.293 e. The topological polar surface area (TPSA) is 125 Å². The number of alkyl halides is 2. The molecule has 0 aromatic heterocycles. The first-order chi connectivity index (χ1) is 9.63. The van der Waals surface area contributed by atoms with E-state index in [1.807, 2.05) is 0 Å². The van der Waals surface area contributed by atoms with Crippen LogP contribution in [0.2, 0.25) is 0 Å². The molecule has 21 heavy (non-hydrogen) atoms. The molecule has 0 fully saturated rings. The summed E-state index contributed by atoms with van der Waals surface area (Å²) in [6.07, 6.45) is 0. The molecular formula is C10H13F2N3O5S. The highest BCUT2D eigenvalue weighted by Crippen LogP contribution is 2.28. The zero-order chi connectivity index (χ0) is 16.3. The van der Waals surface area contributed by atoms with Crippen LogP contribution in [0.5, 0.6) is 5.75 Å². The first-order valence-corrected chi connectivity index (χ1v) is 7.01. The lowest BCUT2D eigenvalue weighted by atomic mass is 10.3. The summed E-state index contributed by atoms with van der Waals surface area (Å²) in [5.74, 6) is -3.39. The Kier molecular flexibility index (Phi) is 5.15. The molecule has 0 unspecified atom stereocenters. The zero-order valence-electron chi connectivity index (χ0n) is 10.9. The molecule has 11 heteroatoms. The third-order valence-corrected chi connectivity index (χ3v) is 3.92. The largest absolute Gasteiger partial charge is 0.497 e. The van der Waals surface area contributed by atoms with Gasteiger partial charge < -0.3 is 10.5 Å². The number of nitrogens with two attached hydrogens (primary N) is 1. The number of halogens is 2. The van der Waals surface area contributed by atoms with Gasteiger partial charge in [-0.25, -0.2) is 21.9 Å². The van der Waals surface area contributed by atoms with Crippen LogP contribution in [-0.4, -0.2) is 39.5 Å². The summed E-state index contributed by atoms with van der Waals surface area (Å²) in [6.45, 7) is -2.31. The van der Waals surface area contributed by atoms with E-state index in [4.69, 9.17) is 10.5 Å². The number of rotatable bonds is 7. The number of benzene rings is 1. The van der Waals surface area contributed by atoms with Crippen molar-refractivity contribution in [1.82, 2.24) is 4.72 Å². The van der Waals surface area contributed by atoms with E-state index in [-0.39, 0.29) is 5.75 Å². The lowest BCUT2D eigenvalue weighted by Crippen LogP contribution is -2.41. The highest BCUT2D eigenvalue weighted by Gasteiger charge is 2.32. The zero-order valence-corrected chi connectivity index (χ0v) is 11.7. The van der Waals surface area contributed by atoms with E-state index in [1.54, 1.807) is 4.72 Å². The third-order valence-electron chi connectivity index (χ3n) is 2.47.